The lowest BCUT2D eigenvalue weighted by Gasteiger charge is -2.12. The maximum Gasteiger partial charge on any atom is 0.139 e. The summed E-state index contributed by atoms with van der Waals surface area (Å²) in [5, 5.41) is 4.13. The van der Waals surface area contributed by atoms with Crippen molar-refractivity contribution in [2.24, 2.45) is 0 Å². The molecule has 4 heteroatoms. The third-order valence-corrected chi connectivity index (χ3v) is 8.83. The quantitative estimate of drug-likeness (QED) is 0.204. The van der Waals surface area contributed by atoms with Gasteiger partial charge in [0.05, 0.1) is 47.0 Å². The number of benzene rings is 6. The Morgan fingerprint density at radius 1 is 0.444 bits per heavy atom. The minimum atomic E-state index is -0.400. The number of fused-ring (bicyclic) bond motifs is 9. The van der Waals surface area contributed by atoms with Crippen molar-refractivity contribution in [3.05, 3.63) is 158 Å². The molecule has 0 radical (unpaired) electrons. The van der Waals surface area contributed by atoms with E-state index in [2.05, 4.69) is 10.6 Å². The van der Waals surface area contributed by atoms with Gasteiger partial charge in [0.25, 0.3) is 0 Å². The summed E-state index contributed by atoms with van der Waals surface area (Å²) in [5.74, 6) is 0.239. The second kappa shape index (κ2) is 9.18. The fourth-order valence-electron chi connectivity index (χ4n) is 7.01. The molecule has 4 nitrogen and oxygen atoms in total. The third-order valence-electron chi connectivity index (χ3n) is 8.83. The van der Waals surface area contributed by atoms with Gasteiger partial charge in [-0.3, -0.25) is 4.57 Å². The number of pyridine rings is 1. The van der Waals surface area contributed by atoms with Crippen molar-refractivity contribution in [2.45, 2.75) is 0 Å². The Morgan fingerprint density at radius 3 is 1.82 bits per heavy atom. The predicted molar refractivity (Wildman–Crippen MR) is 187 cm³/mol. The highest BCUT2D eigenvalue weighted by Crippen LogP contribution is 2.40. The fourth-order valence-corrected chi connectivity index (χ4v) is 7.01. The highest BCUT2D eigenvalue weighted by atomic mass is 15.1. The minimum absolute atomic E-state index is 0.00404. The zero-order valence-electron chi connectivity index (χ0n) is 29.8. The van der Waals surface area contributed by atoms with Crippen LogP contribution in [0.3, 0.4) is 0 Å². The van der Waals surface area contributed by atoms with Gasteiger partial charge in [-0.05, 0) is 48.5 Å². The number of para-hydroxylation sites is 5. The standard InChI is InChI=1S/C41H26N4/c1-2-13-27(14-3-1)43-36-22-11-7-18-31(36)41-37(43)23-12-24-38(41)44-33-19-8-6-17-30(33)32-26-42-40(25-39(32)44)45-34-20-9-4-15-28(34)29-16-5-10-21-35(29)45/h1-26H/i6D,8D,17D,19D,25D,26D. The first-order valence-corrected chi connectivity index (χ1v) is 14.8. The van der Waals surface area contributed by atoms with E-state index in [1.165, 1.54) is 0 Å². The van der Waals surface area contributed by atoms with Crippen LogP contribution in [0.25, 0.3) is 82.6 Å². The van der Waals surface area contributed by atoms with Gasteiger partial charge in [0.15, 0.2) is 0 Å². The van der Waals surface area contributed by atoms with Gasteiger partial charge >= 0.3 is 0 Å². The second-order valence-corrected chi connectivity index (χ2v) is 11.2. The van der Waals surface area contributed by atoms with E-state index in [0.29, 0.717) is 5.69 Å². The Balaban J connectivity index is 1.44. The molecule has 0 N–H and O–H groups in total. The summed E-state index contributed by atoms with van der Waals surface area (Å²) < 4.78 is 60.9. The molecule has 4 aromatic heterocycles. The molecular weight excluding hydrogens is 548 g/mol. The Bertz CT molecular complexity index is 3050. The highest BCUT2D eigenvalue weighted by Gasteiger charge is 2.21. The number of nitrogens with zero attached hydrogens (tertiary/aromatic N) is 4. The molecule has 0 saturated carbocycles. The van der Waals surface area contributed by atoms with Crippen LogP contribution in [0.15, 0.2) is 158 Å². The molecular formula is C41H26N4. The van der Waals surface area contributed by atoms with Crippen LogP contribution in [0, 0.1) is 0 Å². The topological polar surface area (TPSA) is 27.7 Å². The van der Waals surface area contributed by atoms with E-state index in [9.17, 15) is 4.11 Å². The Morgan fingerprint density at radius 2 is 1.07 bits per heavy atom. The van der Waals surface area contributed by atoms with Crippen molar-refractivity contribution in [3.8, 4) is 17.2 Å². The van der Waals surface area contributed by atoms with Crippen molar-refractivity contribution in [2.75, 3.05) is 0 Å². The van der Waals surface area contributed by atoms with E-state index in [0.717, 1.165) is 49.3 Å². The average Bonchev–Trinajstić information content (AvgIpc) is 3.82. The summed E-state index contributed by atoms with van der Waals surface area (Å²) in [6, 6.07) is 38.6. The van der Waals surface area contributed by atoms with Crippen LogP contribution >= 0.6 is 0 Å². The molecule has 10 rings (SSSR count). The Labute approximate surface area is 267 Å². The van der Waals surface area contributed by atoms with Gasteiger partial charge in [-0.25, -0.2) is 4.98 Å². The van der Waals surface area contributed by atoms with E-state index < -0.39 is 6.04 Å². The molecule has 0 amide bonds. The van der Waals surface area contributed by atoms with Gasteiger partial charge in [0, 0.05) is 50.2 Å². The van der Waals surface area contributed by atoms with Gasteiger partial charge in [0.2, 0.25) is 0 Å². The van der Waals surface area contributed by atoms with E-state index in [4.69, 9.17) is 9.10 Å². The van der Waals surface area contributed by atoms with Crippen LogP contribution in [0.1, 0.15) is 8.22 Å². The zero-order valence-corrected chi connectivity index (χ0v) is 23.8. The minimum Gasteiger partial charge on any atom is -0.309 e. The van der Waals surface area contributed by atoms with E-state index in [-0.39, 0.29) is 58.0 Å². The van der Waals surface area contributed by atoms with Gasteiger partial charge in [-0.2, -0.15) is 0 Å². The zero-order chi connectivity index (χ0) is 34.7. The van der Waals surface area contributed by atoms with Gasteiger partial charge in [-0.1, -0.05) is 97.0 Å². The summed E-state index contributed by atoms with van der Waals surface area (Å²) in [6.07, 6.45) is -0.175. The SMILES string of the molecule is [2H]c1c([2H])c([2H])c2c(c1[2H])c1c([2H])nc(-n3c4ccccc4c4ccccc43)c([2H])c1n2-c1cccc2c1c1ccccc1n2-c1ccccc1. The smallest absolute Gasteiger partial charge is 0.139 e. The summed E-state index contributed by atoms with van der Waals surface area (Å²) in [5.41, 5.74) is 5.62. The molecule has 0 fully saturated rings. The van der Waals surface area contributed by atoms with Crippen molar-refractivity contribution < 1.29 is 8.22 Å². The highest BCUT2D eigenvalue weighted by molar-refractivity contribution is 6.16. The van der Waals surface area contributed by atoms with Crippen molar-refractivity contribution in [1.82, 2.24) is 18.7 Å². The molecule has 45 heavy (non-hydrogen) atoms. The molecule has 210 valence electrons. The van der Waals surface area contributed by atoms with E-state index >= 15 is 0 Å². The maximum absolute atomic E-state index is 9.94. The molecule has 10 aromatic rings. The van der Waals surface area contributed by atoms with Crippen LogP contribution in [0.5, 0.6) is 0 Å². The summed E-state index contributed by atoms with van der Waals surface area (Å²) >= 11 is 0. The van der Waals surface area contributed by atoms with Crippen molar-refractivity contribution in [3.63, 3.8) is 0 Å². The van der Waals surface area contributed by atoms with Crippen molar-refractivity contribution in [1.29, 1.82) is 0 Å². The van der Waals surface area contributed by atoms with Crippen LogP contribution < -0.4 is 0 Å². The average molecular weight is 581 g/mol. The molecule has 0 aliphatic rings. The third kappa shape index (κ3) is 3.34. The first-order valence-electron chi connectivity index (χ1n) is 17.8. The lowest BCUT2D eigenvalue weighted by atomic mass is 10.1. The molecule has 0 atom stereocenters. The summed E-state index contributed by atoms with van der Waals surface area (Å²) in [4.78, 5) is 4.75. The Hall–Kier alpha value is -6.13. The van der Waals surface area contributed by atoms with Gasteiger partial charge < -0.3 is 9.13 Å². The van der Waals surface area contributed by atoms with Crippen LogP contribution in [-0.4, -0.2) is 18.7 Å². The van der Waals surface area contributed by atoms with Crippen molar-refractivity contribution >= 4 is 65.4 Å². The molecule has 6 aromatic carbocycles. The fraction of sp³-hybridized carbons (Fsp3) is 0. The largest absolute Gasteiger partial charge is 0.309 e. The molecule has 0 spiro atoms. The number of hydrogen-bond donors (Lipinski definition) is 0. The number of aromatic nitrogens is 4. The first-order chi connectivity index (χ1) is 24.9. The lowest BCUT2D eigenvalue weighted by Crippen LogP contribution is -2.00. The molecule has 0 bridgehead atoms. The van der Waals surface area contributed by atoms with Crippen LogP contribution in [-0.2, 0) is 0 Å². The number of hydrogen-bond acceptors (Lipinski definition) is 1. The Kier molecular flexibility index (Phi) is 3.92. The first kappa shape index (κ1) is 19.2. The lowest BCUT2D eigenvalue weighted by molar-refractivity contribution is 1.08. The van der Waals surface area contributed by atoms with Crippen LogP contribution in [0.4, 0.5) is 0 Å². The second-order valence-electron chi connectivity index (χ2n) is 11.2. The van der Waals surface area contributed by atoms with Gasteiger partial charge in [-0.15, -0.1) is 0 Å². The van der Waals surface area contributed by atoms with E-state index in [1.807, 2.05) is 120 Å². The number of rotatable bonds is 3. The predicted octanol–water partition coefficient (Wildman–Crippen LogP) is 10.4. The normalized spacial score (nSPS) is 13.9. The van der Waals surface area contributed by atoms with Gasteiger partial charge in [0.1, 0.15) is 5.82 Å². The summed E-state index contributed by atoms with van der Waals surface area (Å²) in [7, 11) is 0. The molecule has 0 unspecified atom stereocenters. The van der Waals surface area contributed by atoms with E-state index in [1.54, 1.807) is 4.57 Å². The van der Waals surface area contributed by atoms with Crippen LogP contribution in [0.2, 0.25) is 0 Å². The molecule has 0 aliphatic heterocycles. The molecule has 0 saturated heterocycles. The maximum atomic E-state index is 9.94. The molecule has 4 heterocycles. The monoisotopic (exact) mass is 580 g/mol. The summed E-state index contributed by atoms with van der Waals surface area (Å²) in [6.45, 7) is 0. The molecule has 0 aliphatic carbocycles.